The van der Waals surface area contributed by atoms with Crippen LogP contribution in [0.15, 0.2) is 0 Å². The van der Waals surface area contributed by atoms with Crippen LogP contribution in [0, 0.1) is 0 Å². The van der Waals surface area contributed by atoms with Gasteiger partial charge in [0.15, 0.2) is 0 Å². The number of hydrogen-bond donors (Lipinski definition) is 1. The predicted octanol–water partition coefficient (Wildman–Crippen LogP) is 4.07. The van der Waals surface area contributed by atoms with Gasteiger partial charge in [-0.15, -0.1) is 0 Å². The number of methoxy groups -OCH3 is 1. The molecule has 0 heterocycles. The SMILES string of the molecule is CCNC(CCC(C)(C)OC)C(CC)(CC)N(CC)CC. The summed E-state index contributed by atoms with van der Waals surface area (Å²) in [5, 5.41) is 3.77. The lowest BCUT2D eigenvalue weighted by molar-refractivity contribution is -0.00298. The molecule has 1 atom stereocenters. The molecule has 0 rings (SSSR count). The maximum Gasteiger partial charge on any atom is 0.0623 e. The Labute approximate surface area is 133 Å². The number of hydrogen-bond acceptors (Lipinski definition) is 3. The second-order valence-electron chi connectivity index (χ2n) is 6.60. The zero-order valence-electron chi connectivity index (χ0n) is 15.9. The third kappa shape index (κ3) is 5.54. The van der Waals surface area contributed by atoms with Gasteiger partial charge in [-0.1, -0.05) is 34.6 Å². The number of likely N-dealkylation sites (N-methyl/N-ethyl adjacent to an activating group) is 2. The Hall–Kier alpha value is -0.120. The molecule has 0 saturated carbocycles. The van der Waals surface area contributed by atoms with Gasteiger partial charge in [-0.25, -0.2) is 0 Å². The highest BCUT2D eigenvalue weighted by molar-refractivity contribution is 4.99. The van der Waals surface area contributed by atoms with Gasteiger partial charge in [-0.05, 0) is 59.2 Å². The molecule has 0 fully saturated rings. The van der Waals surface area contributed by atoms with Gasteiger partial charge in [0.1, 0.15) is 0 Å². The molecule has 0 aromatic rings. The molecule has 1 N–H and O–H groups in total. The van der Waals surface area contributed by atoms with E-state index in [9.17, 15) is 0 Å². The van der Waals surface area contributed by atoms with E-state index in [1.165, 1.54) is 12.8 Å². The quantitative estimate of drug-likeness (QED) is 0.588. The van der Waals surface area contributed by atoms with E-state index in [1.807, 2.05) is 7.11 Å². The molecular formula is C18H40N2O. The van der Waals surface area contributed by atoms with Gasteiger partial charge in [0.25, 0.3) is 0 Å². The smallest absolute Gasteiger partial charge is 0.0623 e. The van der Waals surface area contributed by atoms with Crippen molar-refractivity contribution in [3.8, 4) is 0 Å². The first-order valence-electron chi connectivity index (χ1n) is 8.90. The van der Waals surface area contributed by atoms with Crippen LogP contribution in [0.4, 0.5) is 0 Å². The van der Waals surface area contributed by atoms with Crippen molar-refractivity contribution in [2.45, 2.75) is 91.3 Å². The molecule has 0 aromatic carbocycles. The molecule has 0 spiro atoms. The molecule has 0 radical (unpaired) electrons. The van der Waals surface area contributed by atoms with Crippen molar-refractivity contribution in [1.29, 1.82) is 0 Å². The van der Waals surface area contributed by atoms with Crippen molar-refractivity contribution in [3.05, 3.63) is 0 Å². The molecule has 0 amide bonds. The van der Waals surface area contributed by atoms with Crippen molar-refractivity contribution >= 4 is 0 Å². The van der Waals surface area contributed by atoms with Gasteiger partial charge in [0.2, 0.25) is 0 Å². The molecule has 0 aromatic heterocycles. The number of ether oxygens (including phenoxy) is 1. The standard InChI is InChI=1S/C18H40N2O/c1-9-18(10-2,20(12-4)13-5)16(19-11-3)14-15-17(6,7)21-8/h16,19H,9-15H2,1-8H3. The molecule has 128 valence electrons. The minimum Gasteiger partial charge on any atom is -0.379 e. The van der Waals surface area contributed by atoms with Crippen LogP contribution in [0.25, 0.3) is 0 Å². The third-order valence-electron chi connectivity index (χ3n) is 5.30. The van der Waals surface area contributed by atoms with Crippen molar-refractivity contribution in [1.82, 2.24) is 10.2 Å². The van der Waals surface area contributed by atoms with E-state index >= 15 is 0 Å². The van der Waals surface area contributed by atoms with Gasteiger partial charge in [0, 0.05) is 18.7 Å². The lowest BCUT2D eigenvalue weighted by atomic mass is 9.79. The molecule has 0 aliphatic heterocycles. The molecule has 3 nitrogen and oxygen atoms in total. The maximum atomic E-state index is 5.62. The van der Waals surface area contributed by atoms with Gasteiger partial charge < -0.3 is 10.1 Å². The summed E-state index contributed by atoms with van der Waals surface area (Å²) in [7, 11) is 1.82. The van der Waals surface area contributed by atoms with Crippen LogP contribution >= 0.6 is 0 Å². The topological polar surface area (TPSA) is 24.5 Å². The van der Waals surface area contributed by atoms with E-state index in [4.69, 9.17) is 4.74 Å². The van der Waals surface area contributed by atoms with E-state index in [1.54, 1.807) is 0 Å². The molecule has 0 bridgehead atoms. The summed E-state index contributed by atoms with van der Waals surface area (Å²) in [4.78, 5) is 2.65. The highest BCUT2D eigenvalue weighted by Gasteiger charge is 2.39. The summed E-state index contributed by atoms with van der Waals surface area (Å²) in [6.45, 7) is 19.1. The number of nitrogens with one attached hydrogen (secondary N) is 1. The summed E-state index contributed by atoms with van der Waals surface area (Å²) in [5.41, 5.74) is 0.216. The fourth-order valence-corrected chi connectivity index (χ4v) is 3.66. The van der Waals surface area contributed by atoms with Crippen LogP contribution in [0.5, 0.6) is 0 Å². The van der Waals surface area contributed by atoms with Crippen molar-refractivity contribution in [2.24, 2.45) is 0 Å². The summed E-state index contributed by atoms with van der Waals surface area (Å²) in [6, 6.07) is 0.520. The Bertz CT molecular complexity index is 258. The number of nitrogens with zero attached hydrogens (tertiary/aromatic N) is 1. The van der Waals surface area contributed by atoms with E-state index < -0.39 is 0 Å². The van der Waals surface area contributed by atoms with Crippen molar-refractivity contribution in [2.75, 3.05) is 26.7 Å². The van der Waals surface area contributed by atoms with Crippen molar-refractivity contribution in [3.63, 3.8) is 0 Å². The average molecular weight is 301 g/mol. The van der Waals surface area contributed by atoms with Gasteiger partial charge in [-0.2, -0.15) is 0 Å². The van der Waals surface area contributed by atoms with Crippen molar-refractivity contribution < 1.29 is 4.74 Å². The second-order valence-corrected chi connectivity index (χ2v) is 6.60. The van der Waals surface area contributed by atoms with E-state index in [2.05, 4.69) is 58.7 Å². The third-order valence-corrected chi connectivity index (χ3v) is 5.30. The highest BCUT2D eigenvalue weighted by Crippen LogP contribution is 2.32. The largest absolute Gasteiger partial charge is 0.379 e. The van der Waals surface area contributed by atoms with Crippen LogP contribution in [0.3, 0.4) is 0 Å². The monoisotopic (exact) mass is 300 g/mol. The normalized spacial score (nSPS) is 14.7. The summed E-state index contributed by atoms with van der Waals surface area (Å²) in [5.74, 6) is 0. The lowest BCUT2D eigenvalue weighted by Crippen LogP contribution is -2.61. The predicted molar refractivity (Wildman–Crippen MR) is 94.0 cm³/mol. The second kappa shape index (κ2) is 9.81. The van der Waals surface area contributed by atoms with Crippen LogP contribution in [-0.2, 0) is 4.74 Å². The molecule has 1 unspecified atom stereocenters. The zero-order valence-corrected chi connectivity index (χ0v) is 15.9. The first-order chi connectivity index (χ1) is 9.87. The summed E-state index contributed by atoms with van der Waals surface area (Å²) < 4.78 is 5.62. The van der Waals surface area contributed by atoms with Crippen LogP contribution in [0.1, 0.15) is 74.1 Å². The van der Waals surface area contributed by atoms with Gasteiger partial charge >= 0.3 is 0 Å². The molecule has 3 heteroatoms. The summed E-state index contributed by atoms with van der Waals surface area (Å²) in [6.07, 6.45) is 4.63. The first kappa shape index (κ1) is 20.9. The first-order valence-corrected chi connectivity index (χ1v) is 8.90. The average Bonchev–Trinajstić information content (AvgIpc) is 2.49. The maximum absolute atomic E-state index is 5.62. The van der Waals surface area contributed by atoms with Gasteiger partial charge in [-0.3, -0.25) is 4.90 Å². The Morgan fingerprint density at radius 2 is 1.52 bits per heavy atom. The highest BCUT2D eigenvalue weighted by atomic mass is 16.5. The summed E-state index contributed by atoms with van der Waals surface area (Å²) >= 11 is 0. The van der Waals surface area contributed by atoms with Gasteiger partial charge in [0.05, 0.1) is 5.60 Å². The van der Waals surface area contributed by atoms with E-state index in [0.29, 0.717) is 6.04 Å². The van der Waals surface area contributed by atoms with Crippen LogP contribution in [0.2, 0.25) is 0 Å². The van der Waals surface area contributed by atoms with E-state index in [-0.39, 0.29) is 11.1 Å². The number of rotatable bonds is 12. The fraction of sp³-hybridized carbons (Fsp3) is 1.00. The molecule has 21 heavy (non-hydrogen) atoms. The zero-order chi connectivity index (χ0) is 16.5. The Kier molecular flexibility index (Phi) is 9.75. The molecule has 0 aliphatic rings. The Morgan fingerprint density at radius 1 is 1.00 bits per heavy atom. The van der Waals surface area contributed by atoms with Crippen LogP contribution in [-0.4, -0.2) is 48.8 Å². The minimum absolute atomic E-state index is 0.0375. The Morgan fingerprint density at radius 3 is 1.86 bits per heavy atom. The fourth-order valence-electron chi connectivity index (χ4n) is 3.66. The Balaban J connectivity index is 5.23. The molecule has 0 saturated heterocycles. The van der Waals surface area contributed by atoms with Crippen LogP contribution < -0.4 is 5.32 Å². The van der Waals surface area contributed by atoms with E-state index in [0.717, 1.165) is 32.5 Å². The molecular weight excluding hydrogens is 260 g/mol. The molecule has 0 aliphatic carbocycles. The lowest BCUT2D eigenvalue weighted by Gasteiger charge is -2.49. The minimum atomic E-state index is -0.0375.